The maximum atomic E-state index is 12.5. The number of fused-ring (bicyclic) bond motifs is 1. The van der Waals surface area contributed by atoms with Gasteiger partial charge in [0.05, 0.1) is 12.5 Å². The van der Waals surface area contributed by atoms with Crippen LogP contribution >= 0.6 is 0 Å². The Hall–Kier alpha value is -2.55. The molecule has 0 aliphatic rings. The van der Waals surface area contributed by atoms with E-state index >= 15 is 0 Å². The largest absolute Gasteiger partial charge is 0.358 e. The lowest BCUT2D eigenvalue weighted by molar-refractivity contribution is -0.121. The molecule has 3 nitrogen and oxygen atoms in total. The molecule has 3 heteroatoms. The number of aromatic amines is 1. The standard InChI is InChI=1S/C21H24N2O/c1-4-16-10-11-20-19(12-16)18(15(3)22-20)13-21(24)23-14(2)17-8-6-5-7-9-17/h5-12,14,22H,4,13H2,1-3H3,(H,23,24)/t14-/m1/s1. The molecule has 0 unspecified atom stereocenters. The quantitative estimate of drug-likeness (QED) is 0.716. The molecule has 0 aliphatic carbocycles. The normalized spacial score (nSPS) is 12.3. The molecular formula is C21H24N2O. The summed E-state index contributed by atoms with van der Waals surface area (Å²) in [6.07, 6.45) is 1.40. The van der Waals surface area contributed by atoms with Gasteiger partial charge in [-0.05, 0) is 49.1 Å². The molecule has 0 spiro atoms. The van der Waals surface area contributed by atoms with Crippen molar-refractivity contribution in [2.45, 2.75) is 39.7 Å². The molecule has 24 heavy (non-hydrogen) atoms. The van der Waals surface area contributed by atoms with Crippen molar-refractivity contribution in [1.82, 2.24) is 10.3 Å². The van der Waals surface area contributed by atoms with E-state index in [0.717, 1.165) is 34.1 Å². The Morgan fingerprint density at radius 3 is 2.62 bits per heavy atom. The van der Waals surface area contributed by atoms with E-state index in [4.69, 9.17) is 0 Å². The van der Waals surface area contributed by atoms with Gasteiger partial charge in [0, 0.05) is 16.6 Å². The van der Waals surface area contributed by atoms with Crippen LogP contribution in [0.5, 0.6) is 0 Å². The predicted octanol–water partition coefficient (Wildman–Crippen LogP) is 4.46. The van der Waals surface area contributed by atoms with Gasteiger partial charge in [0.15, 0.2) is 0 Å². The SMILES string of the molecule is CCc1ccc2[nH]c(C)c(CC(=O)N[C@H](C)c3ccccc3)c2c1. The molecular weight excluding hydrogens is 296 g/mol. The second-order valence-electron chi connectivity index (χ2n) is 6.34. The van der Waals surface area contributed by atoms with Crippen LogP contribution in [0.4, 0.5) is 0 Å². The molecule has 3 rings (SSSR count). The first-order valence-corrected chi connectivity index (χ1v) is 8.53. The highest BCUT2D eigenvalue weighted by Gasteiger charge is 2.15. The first-order chi connectivity index (χ1) is 11.6. The first-order valence-electron chi connectivity index (χ1n) is 8.53. The average Bonchev–Trinajstić information content (AvgIpc) is 2.90. The Morgan fingerprint density at radius 2 is 1.92 bits per heavy atom. The summed E-state index contributed by atoms with van der Waals surface area (Å²) >= 11 is 0. The number of aryl methyl sites for hydroxylation is 2. The number of hydrogen-bond donors (Lipinski definition) is 2. The van der Waals surface area contributed by atoms with Crippen LogP contribution in [-0.2, 0) is 17.6 Å². The third kappa shape index (κ3) is 3.35. The van der Waals surface area contributed by atoms with E-state index in [2.05, 4.69) is 35.4 Å². The van der Waals surface area contributed by atoms with Gasteiger partial charge in [0.2, 0.25) is 5.91 Å². The van der Waals surface area contributed by atoms with Crippen molar-refractivity contribution in [1.29, 1.82) is 0 Å². The Labute approximate surface area is 143 Å². The van der Waals surface area contributed by atoms with Gasteiger partial charge in [0.1, 0.15) is 0 Å². The Morgan fingerprint density at radius 1 is 1.17 bits per heavy atom. The monoisotopic (exact) mass is 320 g/mol. The van der Waals surface area contributed by atoms with Crippen LogP contribution in [-0.4, -0.2) is 10.9 Å². The highest BCUT2D eigenvalue weighted by atomic mass is 16.1. The summed E-state index contributed by atoms with van der Waals surface area (Å²) in [5.41, 5.74) is 5.68. The van der Waals surface area contributed by atoms with Crippen LogP contribution in [0.1, 0.15) is 42.3 Å². The Balaban J connectivity index is 1.79. The summed E-state index contributed by atoms with van der Waals surface area (Å²) in [7, 11) is 0. The van der Waals surface area contributed by atoms with Crippen molar-refractivity contribution in [3.63, 3.8) is 0 Å². The molecule has 1 atom stereocenters. The number of nitrogens with one attached hydrogen (secondary N) is 2. The van der Waals surface area contributed by atoms with Crippen molar-refractivity contribution >= 4 is 16.8 Å². The van der Waals surface area contributed by atoms with Crippen LogP contribution in [0.3, 0.4) is 0 Å². The predicted molar refractivity (Wildman–Crippen MR) is 99.1 cm³/mol. The lowest BCUT2D eigenvalue weighted by Crippen LogP contribution is -2.28. The molecule has 0 radical (unpaired) electrons. The van der Waals surface area contributed by atoms with Gasteiger partial charge in [-0.15, -0.1) is 0 Å². The highest BCUT2D eigenvalue weighted by molar-refractivity contribution is 5.90. The Kier molecular flexibility index (Phi) is 4.70. The highest BCUT2D eigenvalue weighted by Crippen LogP contribution is 2.24. The van der Waals surface area contributed by atoms with E-state index in [1.165, 1.54) is 5.56 Å². The number of rotatable bonds is 5. The van der Waals surface area contributed by atoms with Crippen molar-refractivity contribution in [3.8, 4) is 0 Å². The number of H-pyrrole nitrogens is 1. The van der Waals surface area contributed by atoms with Crippen molar-refractivity contribution in [3.05, 3.63) is 70.9 Å². The maximum Gasteiger partial charge on any atom is 0.224 e. The molecule has 0 saturated carbocycles. The smallest absolute Gasteiger partial charge is 0.224 e. The van der Waals surface area contributed by atoms with E-state index in [1.54, 1.807) is 0 Å². The molecule has 0 saturated heterocycles. The minimum atomic E-state index is 0.00964. The summed E-state index contributed by atoms with van der Waals surface area (Å²) in [6.45, 7) is 6.20. The fourth-order valence-electron chi connectivity index (χ4n) is 3.16. The van der Waals surface area contributed by atoms with Crippen LogP contribution < -0.4 is 5.32 Å². The van der Waals surface area contributed by atoms with Gasteiger partial charge in [-0.3, -0.25) is 4.79 Å². The lowest BCUT2D eigenvalue weighted by Gasteiger charge is -2.14. The molecule has 1 heterocycles. The number of carbonyl (C=O) groups is 1. The molecule has 2 aromatic carbocycles. The molecule has 0 aliphatic heterocycles. The van der Waals surface area contributed by atoms with E-state index < -0.39 is 0 Å². The number of hydrogen-bond acceptors (Lipinski definition) is 1. The second kappa shape index (κ2) is 6.91. The number of aromatic nitrogens is 1. The number of benzene rings is 2. The zero-order valence-electron chi connectivity index (χ0n) is 14.5. The molecule has 1 aromatic heterocycles. The van der Waals surface area contributed by atoms with Gasteiger partial charge < -0.3 is 10.3 Å². The minimum Gasteiger partial charge on any atom is -0.358 e. The van der Waals surface area contributed by atoms with Gasteiger partial charge in [-0.2, -0.15) is 0 Å². The Bertz CT molecular complexity index is 849. The maximum absolute atomic E-state index is 12.5. The number of carbonyl (C=O) groups excluding carboxylic acids is 1. The van der Waals surface area contributed by atoms with Crippen LogP contribution in [0, 0.1) is 6.92 Å². The number of amides is 1. The van der Waals surface area contributed by atoms with E-state index in [1.807, 2.05) is 44.2 Å². The van der Waals surface area contributed by atoms with Gasteiger partial charge in [0.25, 0.3) is 0 Å². The third-order valence-corrected chi connectivity index (χ3v) is 4.61. The molecule has 0 bridgehead atoms. The van der Waals surface area contributed by atoms with Crippen molar-refractivity contribution < 1.29 is 4.79 Å². The summed E-state index contributed by atoms with van der Waals surface area (Å²) in [5, 5.41) is 4.26. The van der Waals surface area contributed by atoms with Gasteiger partial charge in [-0.25, -0.2) is 0 Å². The fourth-order valence-corrected chi connectivity index (χ4v) is 3.16. The van der Waals surface area contributed by atoms with Gasteiger partial charge in [-0.1, -0.05) is 43.3 Å². The summed E-state index contributed by atoms with van der Waals surface area (Å²) in [5.74, 6) is 0.0530. The molecule has 2 N–H and O–H groups in total. The molecule has 1 amide bonds. The molecule has 124 valence electrons. The molecule has 0 fully saturated rings. The average molecular weight is 320 g/mol. The second-order valence-corrected chi connectivity index (χ2v) is 6.34. The van der Waals surface area contributed by atoms with Crippen molar-refractivity contribution in [2.24, 2.45) is 0 Å². The van der Waals surface area contributed by atoms with Gasteiger partial charge >= 0.3 is 0 Å². The van der Waals surface area contributed by atoms with E-state index in [-0.39, 0.29) is 11.9 Å². The minimum absolute atomic E-state index is 0.00964. The summed E-state index contributed by atoms with van der Waals surface area (Å²) in [6, 6.07) is 16.5. The topological polar surface area (TPSA) is 44.9 Å². The molecule has 3 aromatic rings. The van der Waals surface area contributed by atoms with E-state index in [9.17, 15) is 4.79 Å². The zero-order chi connectivity index (χ0) is 17.1. The van der Waals surface area contributed by atoms with Crippen LogP contribution in [0.25, 0.3) is 10.9 Å². The van der Waals surface area contributed by atoms with E-state index in [0.29, 0.717) is 6.42 Å². The fraction of sp³-hybridized carbons (Fsp3) is 0.286. The zero-order valence-corrected chi connectivity index (χ0v) is 14.5. The van der Waals surface area contributed by atoms with Crippen molar-refractivity contribution in [2.75, 3.05) is 0 Å². The lowest BCUT2D eigenvalue weighted by atomic mass is 10.0. The van der Waals surface area contributed by atoms with Crippen LogP contribution in [0.15, 0.2) is 48.5 Å². The summed E-state index contributed by atoms with van der Waals surface area (Å²) < 4.78 is 0. The van der Waals surface area contributed by atoms with Crippen LogP contribution in [0.2, 0.25) is 0 Å². The first kappa shape index (κ1) is 16.3. The third-order valence-electron chi connectivity index (χ3n) is 4.61. The summed E-state index contributed by atoms with van der Waals surface area (Å²) in [4.78, 5) is 15.9.